The van der Waals surface area contributed by atoms with Gasteiger partial charge in [0, 0.05) is 0 Å². The van der Waals surface area contributed by atoms with E-state index in [0.29, 0.717) is 22.9 Å². The zero-order valence-corrected chi connectivity index (χ0v) is 11.1. The summed E-state index contributed by atoms with van der Waals surface area (Å²) in [7, 11) is 3.09. The summed E-state index contributed by atoms with van der Waals surface area (Å²) in [4.78, 5) is 10.6. The van der Waals surface area contributed by atoms with E-state index in [0.717, 1.165) is 0 Å². The summed E-state index contributed by atoms with van der Waals surface area (Å²) in [6.07, 6.45) is -0.0652. The third-order valence-electron chi connectivity index (χ3n) is 2.72. The number of aromatic nitrogens is 4. The second-order valence-corrected chi connectivity index (χ2v) is 3.94. The highest BCUT2D eigenvalue weighted by Crippen LogP contribution is 2.31. The summed E-state index contributed by atoms with van der Waals surface area (Å²) in [6.45, 7) is 0.179. The summed E-state index contributed by atoms with van der Waals surface area (Å²) >= 11 is 0. The van der Waals surface area contributed by atoms with Crippen molar-refractivity contribution in [3.8, 4) is 22.9 Å². The first kappa shape index (κ1) is 13.8. The normalized spacial score (nSPS) is 10.3. The molecule has 0 unspecified atom stereocenters. The quantitative estimate of drug-likeness (QED) is 0.835. The molecule has 1 heterocycles. The number of rotatable bonds is 6. The molecular formula is C12H14N4O4. The predicted molar refractivity (Wildman–Crippen MR) is 68.6 cm³/mol. The first-order chi connectivity index (χ1) is 9.65. The maximum atomic E-state index is 10.6. The van der Waals surface area contributed by atoms with Gasteiger partial charge in [0.25, 0.3) is 0 Å². The summed E-state index contributed by atoms with van der Waals surface area (Å²) in [5.74, 6) is 0.733. The molecule has 0 saturated carbocycles. The molecule has 0 aliphatic heterocycles. The van der Waals surface area contributed by atoms with Crippen LogP contribution in [0.25, 0.3) is 11.4 Å². The van der Waals surface area contributed by atoms with Crippen LogP contribution < -0.4 is 9.47 Å². The topological polar surface area (TPSA) is 99.4 Å². The molecule has 0 atom stereocenters. The molecule has 1 N–H and O–H groups in total. The molecule has 0 amide bonds. The number of benzene rings is 1. The number of aliphatic carboxylic acids is 1. The number of methoxy groups -OCH3 is 2. The minimum atomic E-state index is -0.913. The second-order valence-electron chi connectivity index (χ2n) is 3.94. The Morgan fingerprint density at radius 1 is 1.35 bits per heavy atom. The average Bonchev–Trinajstić information content (AvgIpc) is 2.92. The Morgan fingerprint density at radius 2 is 2.15 bits per heavy atom. The van der Waals surface area contributed by atoms with E-state index in [1.165, 1.54) is 11.8 Å². The van der Waals surface area contributed by atoms with Crippen molar-refractivity contribution >= 4 is 5.97 Å². The summed E-state index contributed by atoms with van der Waals surface area (Å²) in [5, 5.41) is 20.0. The number of carbonyl (C=O) groups is 1. The molecule has 1 aromatic carbocycles. The van der Waals surface area contributed by atoms with Gasteiger partial charge in [0.2, 0.25) is 0 Å². The van der Waals surface area contributed by atoms with Crippen LogP contribution in [-0.2, 0) is 11.3 Å². The fourth-order valence-corrected chi connectivity index (χ4v) is 1.74. The van der Waals surface area contributed by atoms with Crippen molar-refractivity contribution in [3.05, 3.63) is 18.2 Å². The van der Waals surface area contributed by atoms with Crippen molar-refractivity contribution < 1.29 is 19.4 Å². The van der Waals surface area contributed by atoms with Crippen LogP contribution in [0.1, 0.15) is 6.42 Å². The fraction of sp³-hybridized carbons (Fsp3) is 0.333. The number of ether oxygens (including phenoxy) is 2. The van der Waals surface area contributed by atoms with Crippen LogP contribution >= 0.6 is 0 Å². The Balaban J connectivity index is 2.40. The van der Waals surface area contributed by atoms with E-state index in [1.54, 1.807) is 25.3 Å². The van der Waals surface area contributed by atoms with Crippen molar-refractivity contribution in [1.82, 2.24) is 20.2 Å². The van der Waals surface area contributed by atoms with Crippen LogP contribution in [0.3, 0.4) is 0 Å². The molecule has 0 saturated heterocycles. The van der Waals surface area contributed by atoms with Crippen LogP contribution in [0.2, 0.25) is 0 Å². The van der Waals surface area contributed by atoms with E-state index in [9.17, 15) is 4.79 Å². The summed E-state index contributed by atoms with van der Waals surface area (Å²) in [5.41, 5.74) is 0.641. The number of aryl methyl sites for hydroxylation is 1. The highest BCUT2D eigenvalue weighted by molar-refractivity contribution is 5.68. The number of hydrogen-bond donors (Lipinski definition) is 1. The molecule has 0 radical (unpaired) electrons. The van der Waals surface area contributed by atoms with Crippen LogP contribution in [-0.4, -0.2) is 45.5 Å². The molecule has 2 aromatic rings. The van der Waals surface area contributed by atoms with Gasteiger partial charge in [-0.05, 0) is 28.6 Å². The van der Waals surface area contributed by atoms with Crippen LogP contribution in [0.15, 0.2) is 18.2 Å². The molecule has 0 bridgehead atoms. The molecular weight excluding hydrogens is 264 g/mol. The minimum absolute atomic E-state index is 0.0652. The molecule has 0 fully saturated rings. The van der Waals surface area contributed by atoms with E-state index in [2.05, 4.69) is 15.5 Å². The third-order valence-corrected chi connectivity index (χ3v) is 2.72. The lowest BCUT2D eigenvalue weighted by atomic mass is 10.1. The molecule has 106 valence electrons. The highest BCUT2D eigenvalue weighted by Gasteiger charge is 2.15. The monoisotopic (exact) mass is 278 g/mol. The van der Waals surface area contributed by atoms with E-state index in [1.807, 2.05) is 0 Å². The molecule has 0 spiro atoms. The van der Waals surface area contributed by atoms with Gasteiger partial charge in [0.05, 0.1) is 32.7 Å². The molecule has 20 heavy (non-hydrogen) atoms. The van der Waals surface area contributed by atoms with Gasteiger partial charge in [-0.1, -0.05) is 0 Å². The molecule has 0 aliphatic carbocycles. The lowest BCUT2D eigenvalue weighted by Gasteiger charge is -2.10. The van der Waals surface area contributed by atoms with Gasteiger partial charge in [0.15, 0.2) is 5.82 Å². The minimum Gasteiger partial charge on any atom is -0.497 e. The van der Waals surface area contributed by atoms with Gasteiger partial charge in [0.1, 0.15) is 11.5 Å². The summed E-state index contributed by atoms with van der Waals surface area (Å²) < 4.78 is 11.9. The largest absolute Gasteiger partial charge is 0.497 e. The van der Waals surface area contributed by atoms with Crippen molar-refractivity contribution in [1.29, 1.82) is 0 Å². The Kier molecular flexibility index (Phi) is 4.14. The van der Waals surface area contributed by atoms with Crippen LogP contribution in [0.4, 0.5) is 0 Å². The van der Waals surface area contributed by atoms with Gasteiger partial charge < -0.3 is 14.6 Å². The fourth-order valence-electron chi connectivity index (χ4n) is 1.74. The second kappa shape index (κ2) is 6.00. The lowest BCUT2D eigenvalue weighted by Crippen LogP contribution is -2.08. The van der Waals surface area contributed by atoms with Crippen LogP contribution in [0, 0.1) is 0 Å². The van der Waals surface area contributed by atoms with Crippen molar-refractivity contribution in [2.45, 2.75) is 13.0 Å². The number of tetrazole rings is 1. The van der Waals surface area contributed by atoms with Crippen LogP contribution in [0.5, 0.6) is 11.5 Å². The zero-order valence-electron chi connectivity index (χ0n) is 11.1. The highest BCUT2D eigenvalue weighted by atomic mass is 16.5. The predicted octanol–water partition coefficient (Wildman–Crippen LogP) is 0.832. The van der Waals surface area contributed by atoms with E-state index in [4.69, 9.17) is 14.6 Å². The summed E-state index contributed by atoms with van der Waals surface area (Å²) in [6, 6.07) is 5.24. The molecule has 1 aromatic heterocycles. The number of carboxylic acids is 1. The SMILES string of the molecule is COc1ccc(OC)c(-c2nnnn2CCC(=O)O)c1. The first-order valence-corrected chi connectivity index (χ1v) is 5.86. The lowest BCUT2D eigenvalue weighted by molar-refractivity contribution is -0.137. The Hall–Kier alpha value is -2.64. The van der Waals surface area contributed by atoms with Gasteiger partial charge >= 0.3 is 5.97 Å². The maximum absolute atomic E-state index is 10.6. The average molecular weight is 278 g/mol. The van der Waals surface area contributed by atoms with E-state index >= 15 is 0 Å². The van der Waals surface area contributed by atoms with E-state index in [-0.39, 0.29) is 13.0 Å². The molecule has 2 rings (SSSR count). The number of nitrogens with zero attached hydrogens (tertiary/aromatic N) is 4. The molecule has 8 heteroatoms. The Labute approximate surface area is 114 Å². The zero-order chi connectivity index (χ0) is 14.5. The van der Waals surface area contributed by atoms with Gasteiger partial charge in [-0.3, -0.25) is 4.79 Å². The van der Waals surface area contributed by atoms with Gasteiger partial charge in [-0.25, -0.2) is 4.68 Å². The maximum Gasteiger partial charge on any atom is 0.305 e. The first-order valence-electron chi connectivity index (χ1n) is 5.86. The number of carboxylic acid groups (broad SMARTS) is 1. The Bertz CT molecular complexity index is 611. The standard InChI is InChI=1S/C12H14N4O4/c1-19-8-3-4-10(20-2)9(7-8)12-13-14-15-16(12)6-5-11(17)18/h3-4,7H,5-6H2,1-2H3,(H,17,18). The van der Waals surface area contributed by atoms with Crippen molar-refractivity contribution in [2.75, 3.05) is 14.2 Å². The van der Waals surface area contributed by atoms with Crippen molar-refractivity contribution in [3.63, 3.8) is 0 Å². The van der Waals surface area contributed by atoms with Crippen molar-refractivity contribution in [2.24, 2.45) is 0 Å². The van der Waals surface area contributed by atoms with Gasteiger partial charge in [-0.2, -0.15) is 0 Å². The van der Waals surface area contributed by atoms with E-state index < -0.39 is 5.97 Å². The number of hydrogen-bond acceptors (Lipinski definition) is 6. The molecule has 0 aliphatic rings. The Morgan fingerprint density at radius 3 is 2.80 bits per heavy atom. The molecule has 8 nitrogen and oxygen atoms in total. The third kappa shape index (κ3) is 2.85. The van der Waals surface area contributed by atoms with Gasteiger partial charge in [-0.15, -0.1) is 5.10 Å². The smallest absolute Gasteiger partial charge is 0.305 e.